The molecule has 28 heavy (non-hydrogen) atoms. The number of anilines is 1. The molecular formula is C18H18N4O5S. The topological polar surface area (TPSA) is 122 Å². The number of amides is 1. The van der Waals surface area contributed by atoms with E-state index >= 15 is 0 Å². The summed E-state index contributed by atoms with van der Waals surface area (Å²) in [4.78, 5) is 27.0. The maximum atomic E-state index is 12.5. The minimum absolute atomic E-state index is 0.0399. The molecule has 10 heteroatoms. The Bertz CT molecular complexity index is 1070. The zero-order valence-electron chi connectivity index (χ0n) is 15.2. The van der Waals surface area contributed by atoms with Crippen LogP contribution in [0.5, 0.6) is 0 Å². The van der Waals surface area contributed by atoms with Crippen molar-refractivity contribution in [3.05, 3.63) is 58.1 Å². The number of sulfonamides is 1. The molecule has 146 valence electrons. The Labute approximate surface area is 161 Å². The van der Waals surface area contributed by atoms with Gasteiger partial charge in [-0.15, -0.1) is 0 Å². The maximum Gasteiger partial charge on any atom is 0.275 e. The lowest BCUT2D eigenvalue weighted by molar-refractivity contribution is -0.384. The van der Waals surface area contributed by atoms with Crippen molar-refractivity contribution in [1.82, 2.24) is 4.31 Å². The van der Waals surface area contributed by atoms with Gasteiger partial charge in [-0.05, 0) is 30.3 Å². The Kier molecular flexibility index (Phi) is 5.25. The second-order valence-electron chi connectivity index (χ2n) is 5.98. The van der Waals surface area contributed by atoms with Crippen molar-refractivity contribution in [2.24, 2.45) is 4.99 Å². The third-order valence-corrected chi connectivity index (χ3v) is 6.42. The van der Waals surface area contributed by atoms with E-state index in [2.05, 4.69) is 10.3 Å². The van der Waals surface area contributed by atoms with Gasteiger partial charge in [0.1, 0.15) is 5.71 Å². The zero-order chi connectivity index (χ0) is 20.5. The molecule has 0 aromatic heterocycles. The fourth-order valence-electron chi connectivity index (χ4n) is 2.90. The molecule has 0 fully saturated rings. The van der Waals surface area contributed by atoms with Gasteiger partial charge >= 0.3 is 0 Å². The number of nitro groups is 1. The lowest BCUT2D eigenvalue weighted by Gasteiger charge is -2.18. The largest absolute Gasteiger partial charge is 0.320 e. The molecule has 9 nitrogen and oxygen atoms in total. The lowest BCUT2D eigenvalue weighted by atomic mass is 10.1. The summed E-state index contributed by atoms with van der Waals surface area (Å²) in [5.74, 6) is -0.477. The van der Waals surface area contributed by atoms with Gasteiger partial charge in [0.15, 0.2) is 0 Å². The third-order valence-electron chi connectivity index (χ3n) is 4.35. The summed E-state index contributed by atoms with van der Waals surface area (Å²) in [6.07, 6.45) is 0. The number of nitrogens with zero attached hydrogens (tertiary/aromatic N) is 3. The Hall–Kier alpha value is -3.11. The van der Waals surface area contributed by atoms with E-state index in [-0.39, 0.29) is 16.3 Å². The number of hydrogen-bond donors (Lipinski definition) is 1. The molecule has 2 aromatic rings. The molecule has 1 heterocycles. The average Bonchev–Trinajstić information content (AvgIpc) is 2.97. The van der Waals surface area contributed by atoms with Gasteiger partial charge in [-0.1, -0.05) is 13.8 Å². The second kappa shape index (κ2) is 7.49. The van der Waals surface area contributed by atoms with Gasteiger partial charge in [-0.2, -0.15) is 4.31 Å². The first-order chi connectivity index (χ1) is 13.3. The van der Waals surface area contributed by atoms with Gasteiger partial charge in [0.05, 0.1) is 21.2 Å². The summed E-state index contributed by atoms with van der Waals surface area (Å²) in [5, 5.41) is 13.6. The first kappa shape index (κ1) is 19.6. The molecule has 0 spiro atoms. The Balaban J connectivity index is 1.97. The first-order valence-electron chi connectivity index (χ1n) is 8.57. The van der Waals surface area contributed by atoms with E-state index in [9.17, 15) is 23.3 Å². The van der Waals surface area contributed by atoms with E-state index < -0.39 is 20.9 Å². The van der Waals surface area contributed by atoms with E-state index in [1.54, 1.807) is 13.8 Å². The summed E-state index contributed by atoms with van der Waals surface area (Å²) in [7, 11) is -3.59. The Morgan fingerprint density at radius 1 is 1.11 bits per heavy atom. The van der Waals surface area contributed by atoms with Crippen molar-refractivity contribution < 1.29 is 18.1 Å². The number of benzene rings is 2. The van der Waals surface area contributed by atoms with Crippen LogP contribution in [0.15, 0.2) is 52.4 Å². The molecule has 2 aromatic carbocycles. The van der Waals surface area contributed by atoms with E-state index in [1.165, 1.54) is 46.8 Å². The highest BCUT2D eigenvalue weighted by Gasteiger charge is 2.28. The van der Waals surface area contributed by atoms with E-state index in [4.69, 9.17) is 0 Å². The minimum atomic E-state index is -3.59. The van der Waals surface area contributed by atoms with Crippen LogP contribution in [0, 0.1) is 10.1 Å². The number of nitrogens with one attached hydrogen (secondary N) is 1. The molecule has 0 radical (unpaired) electrons. The minimum Gasteiger partial charge on any atom is -0.320 e. The van der Waals surface area contributed by atoms with Crippen LogP contribution in [-0.4, -0.2) is 42.4 Å². The molecule has 0 aliphatic carbocycles. The van der Waals surface area contributed by atoms with Crippen LogP contribution in [0.3, 0.4) is 0 Å². The molecule has 0 bridgehead atoms. The van der Waals surface area contributed by atoms with Crippen molar-refractivity contribution >= 4 is 38.7 Å². The molecule has 0 unspecified atom stereocenters. The van der Waals surface area contributed by atoms with Crippen LogP contribution in [0.2, 0.25) is 0 Å². The summed E-state index contributed by atoms with van der Waals surface area (Å²) in [6.45, 7) is 4.24. The van der Waals surface area contributed by atoms with Crippen molar-refractivity contribution in [2.45, 2.75) is 18.7 Å². The molecule has 1 aliphatic heterocycles. The van der Waals surface area contributed by atoms with E-state index in [1.807, 2.05) is 0 Å². The molecule has 0 atom stereocenters. The van der Waals surface area contributed by atoms with Gasteiger partial charge in [0.25, 0.3) is 11.6 Å². The number of carbonyl (C=O) groups excluding carboxylic acids is 1. The highest BCUT2D eigenvalue weighted by Crippen LogP contribution is 2.29. The predicted molar refractivity (Wildman–Crippen MR) is 104 cm³/mol. The van der Waals surface area contributed by atoms with Crippen LogP contribution < -0.4 is 5.32 Å². The van der Waals surface area contributed by atoms with Crippen molar-refractivity contribution in [3.63, 3.8) is 0 Å². The van der Waals surface area contributed by atoms with Crippen molar-refractivity contribution in [1.29, 1.82) is 0 Å². The fraction of sp³-hybridized carbons (Fsp3) is 0.222. The molecule has 0 saturated carbocycles. The van der Waals surface area contributed by atoms with Gasteiger partial charge in [0, 0.05) is 30.8 Å². The first-order valence-corrected chi connectivity index (χ1v) is 10.0. The summed E-state index contributed by atoms with van der Waals surface area (Å²) >= 11 is 0. The summed E-state index contributed by atoms with van der Waals surface area (Å²) in [5.41, 5.74) is 1.03. The average molecular weight is 402 g/mol. The quantitative estimate of drug-likeness (QED) is 0.588. The SMILES string of the molecule is CCN(CC)S(=O)(=O)c1ccc(N=C2C(=O)Nc3ccc([N+](=O)[O-])cc32)cc1. The standard InChI is InChI=1S/C18H18N4O5S/c1-3-21(4-2)28(26,27)14-8-5-12(6-9-14)19-17-15-11-13(22(24)25)7-10-16(15)20-18(17)23/h5-11H,3-4H2,1-2H3,(H,19,20,23). The van der Waals surface area contributed by atoms with Crippen LogP contribution >= 0.6 is 0 Å². The van der Waals surface area contributed by atoms with Gasteiger partial charge in [-0.25, -0.2) is 13.4 Å². The third kappa shape index (κ3) is 3.51. The smallest absolute Gasteiger partial charge is 0.275 e. The normalized spacial score (nSPS) is 15.0. The monoisotopic (exact) mass is 402 g/mol. The highest BCUT2D eigenvalue weighted by molar-refractivity contribution is 7.89. The summed E-state index contributed by atoms with van der Waals surface area (Å²) in [6, 6.07) is 9.87. The second-order valence-corrected chi connectivity index (χ2v) is 7.92. The molecule has 1 N–H and O–H groups in total. The molecule has 1 aliphatic rings. The van der Waals surface area contributed by atoms with Crippen molar-refractivity contribution in [3.8, 4) is 0 Å². The number of non-ortho nitro benzene ring substituents is 1. The molecule has 1 amide bonds. The van der Waals surface area contributed by atoms with E-state index in [0.717, 1.165) is 0 Å². The number of carbonyl (C=O) groups is 1. The Morgan fingerprint density at radius 3 is 2.32 bits per heavy atom. The lowest BCUT2D eigenvalue weighted by Crippen LogP contribution is -2.30. The number of fused-ring (bicyclic) bond motifs is 1. The number of hydrogen-bond acceptors (Lipinski definition) is 6. The van der Waals surface area contributed by atoms with Crippen LogP contribution in [0.4, 0.5) is 17.1 Å². The Morgan fingerprint density at radius 2 is 1.75 bits per heavy atom. The summed E-state index contributed by atoms with van der Waals surface area (Å²) < 4.78 is 26.4. The maximum absolute atomic E-state index is 12.5. The van der Waals surface area contributed by atoms with Gasteiger partial charge in [-0.3, -0.25) is 14.9 Å². The fourth-order valence-corrected chi connectivity index (χ4v) is 4.36. The number of aliphatic imine (C=N–C) groups is 1. The number of nitro benzene ring substituents is 1. The highest BCUT2D eigenvalue weighted by atomic mass is 32.2. The van der Waals surface area contributed by atoms with Crippen molar-refractivity contribution in [2.75, 3.05) is 18.4 Å². The molecule has 3 rings (SSSR count). The molecular weight excluding hydrogens is 384 g/mol. The van der Waals surface area contributed by atoms with Crippen LogP contribution in [0.25, 0.3) is 0 Å². The zero-order valence-corrected chi connectivity index (χ0v) is 16.1. The van der Waals surface area contributed by atoms with Crippen LogP contribution in [0.1, 0.15) is 19.4 Å². The van der Waals surface area contributed by atoms with Gasteiger partial charge in [0.2, 0.25) is 10.0 Å². The van der Waals surface area contributed by atoms with Gasteiger partial charge < -0.3 is 5.32 Å². The predicted octanol–water partition coefficient (Wildman–Crippen LogP) is 2.70. The molecule has 0 saturated heterocycles. The number of rotatable bonds is 6. The van der Waals surface area contributed by atoms with E-state index in [0.29, 0.717) is 30.0 Å². The van der Waals surface area contributed by atoms with Crippen LogP contribution in [-0.2, 0) is 14.8 Å².